The van der Waals surface area contributed by atoms with Gasteiger partial charge in [-0.15, -0.1) is 0 Å². The van der Waals surface area contributed by atoms with Crippen LogP contribution in [0.25, 0.3) is 0 Å². The van der Waals surface area contributed by atoms with E-state index in [2.05, 4.69) is 4.98 Å². The van der Waals surface area contributed by atoms with Crippen molar-refractivity contribution in [2.24, 2.45) is 5.73 Å². The molecule has 1 aromatic heterocycles. The Morgan fingerprint density at radius 2 is 2.18 bits per heavy atom. The van der Waals surface area contributed by atoms with E-state index >= 15 is 0 Å². The third-order valence-corrected chi connectivity index (χ3v) is 3.02. The minimum absolute atomic E-state index is 0.194. The molecular formula is C11H14F3N3. The number of aromatic nitrogens is 1. The molecule has 0 radical (unpaired) electrons. The van der Waals surface area contributed by atoms with Crippen molar-refractivity contribution in [1.29, 1.82) is 0 Å². The third-order valence-electron chi connectivity index (χ3n) is 3.02. The normalized spacial score (nSPS) is 20.9. The monoisotopic (exact) mass is 245 g/mol. The van der Waals surface area contributed by atoms with Gasteiger partial charge in [0.1, 0.15) is 5.82 Å². The van der Waals surface area contributed by atoms with Crippen LogP contribution in [0.4, 0.5) is 19.0 Å². The van der Waals surface area contributed by atoms with Crippen LogP contribution in [-0.2, 0) is 6.18 Å². The lowest BCUT2D eigenvalue weighted by Gasteiger charge is -2.24. The lowest BCUT2D eigenvalue weighted by Crippen LogP contribution is -2.35. The van der Waals surface area contributed by atoms with Crippen LogP contribution < -0.4 is 10.6 Å². The average molecular weight is 245 g/mol. The second-order valence-corrected chi connectivity index (χ2v) is 4.13. The Bertz CT molecular complexity index is 375. The highest BCUT2D eigenvalue weighted by Gasteiger charge is 2.31. The summed E-state index contributed by atoms with van der Waals surface area (Å²) in [4.78, 5) is 5.85. The van der Waals surface area contributed by atoms with Crippen LogP contribution in [0.2, 0.25) is 0 Å². The first kappa shape index (κ1) is 12.2. The van der Waals surface area contributed by atoms with Crippen LogP contribution in [0, 0.1) is 0 Å². The van der Waals surface area contributed by atoms with Gasteiger partial charge in [-0.1, -0.05) is 0 Å². The van der Waals surface area contributed by atoms with Gasteiger partial charge >= 0.3 is 6.18 Å². The molecule has 94 valence electrons. The van der Waals surface area contributed by atoms with E-state index in [1.807, 2.05) is 4.90 Å². The van der Waals surface area contributed by atoms with Gasteiger partial charge in [-0.3, -0.25) is 0 Å². The summed E-state index contributed by atoms with van der Waals surface area (Å²) >= 11 is 0. The molecule has 0 aromatic carbocycles. The van der Waals surface area contributed by atoms with Gasteiger partial charge in [0, 0.05) is 25.3 Å². The number of alkyl halides is 3. The maximum Gasteiger partial charge on any atom is 0.417 e. The summed E-state index contributed by atoms with van der Waals surface area (Å²) in [6.07, 6.45) is -1.48. The molecule has 0 spiro atoms. The zero-order valence-electron chi connectivity index (χ0n) is 9.24. The number of nitrogens with two attached hydrogens (primary N) is 1. The SMILES string of the molecule is NCC1CCCN1c1ccc(C(F)(F)F)cn1. The average Bonchev–Trinajstić information content (AvgIpc) is 2.76. The molecule has 1 saturated heterocycles. The summed E-state index contributed by atoms with van der Waals surface area (Å²) in [6.45, 7) is 1.31. The Hall–Kier alpha value is -1.30. The van der Waals surface area contributed by atoms with Crippen molar-refractivity contribution < 1.29 is 13.2 Å². The molecule has 0 amide bonds. The Labute approximate surface area is 97.4 Å². The second kappa shape index (κ2) is 4.52. The first-order valence-corrected chi connectivity index (χ1v) is 5.52. The molecule has 1 aliphatic heterocycles. The number of hydrogen-bond acceptors (Lipinski definition) is 3. The Kier molecular flexibility index (Phi) is 3.24. The van der Waals surface area contributed by atoms with Crippen LogP contribution in [0.3, 0.4) is 0 Å². The van der Waals surface area contributed by atoms with Crippen molar-refractivity contribution in [2.45, 2.75) is 25.1 Å². The highest BCUT2D eigenvalue weighted by molar-refractivity contribution is 5.42. The summed E-state index contributed by atoms with van der Waals surface area (Å²) in [5.41, 5.74) is 4.89. The second-order valence-electron chi connectivity index (χ2n) is 4.13. The maximum atomic E-state index is 12.4. The van der Waals surface area contributed by atoms with Gasteiger partial charge in [0.25, 0.3) is 0 Å². The smallest absolute Gasteiger partial charge is 0.352 e. The molecule has 2 heterocycles. The van der Waals surface area contributed by atoms with Crippen molar-refractivity contribution in [2.75, 3.05) is 18.0 Å². The number of rotatable bonds is 2. The van der Waals surface area contributed by atoms with Gasteiger partial charge in [-0.25, -0.2) is 4.98 Å². The highest BCUT2D eigenvalue weighted by Crippen LogP contribution is 2.30. The highest BCUT2D eigenvalue weighted by atomic mass is 19.4. The predicted octanol–water partition coefficient (Wildman–Crippen LogP) is 2.03. The van der Waals surface area contributed by atoms with E-state index in [1.54, 1.807) is 0 Å². The number of anilines is 1. The summed E-state index contributed by atoms with van der Waals surface area (Å²) in [5, 5.41) is 0. The molecule has 1 fully saturated rings. The molecule has 1 atom stereocenters. The van der Waals surface area contributed by atoms with Crippen molar-refractivity contribution in [1.82, 2.24) is 4.98 Å². The lowest BCUT2D eigenvalue weighted by atomic mass is 10.2. The van der Waals surface area contributed by atoms with Crippen LogP contribution in [0.15, 0.2) is 18.3 Å². The molecule has 17 heavy (non-hydrogen) atoms. The van der Waals surface area contributed by atoms with E-state index in [-0.39, 0.29) is 6.04 Å². The first-order valence-electron chi connectivity index (χ1n) is 5.52. The van der Waals surface area contributed by atoms with E-state index in [0.717, 1.165) is 31.6 Å². The molecule has 2 rings (SSSR count). The van der Waals surface area contributed by atoms with E-state index < -0.39 is 11.7 Å². The molecule has 1 aromatic rings. The zero-order chi connectivity index (χ0) is 12.5. The van der Waals surface area contributed by atoms with E-state index in [9.17, 15) is 13.2 Å². The summed E-state index contributed by atoms with van der Waals surface area (Å²) in [7, 11) is 0. The Balaban J connectivity index is 2.18. The van der Waals surface area contributed by atoms with Crippen molar-refractivity contribution in [3.63, 3.8) is 0 Å². The van der Waals surface area contributed by atoms with Gasteiger partial charge in [-0.05, 0) is 25.0 Å². The summed E-state index contributed by atoms with van der Waals surface area (Å²) in [6, 6.07) is 2.67. The molecule has 3 nitrogen and oxygen atoms in total. The van der Waals surface area contributed by atoms with E-state index in [1.165, 1.54) is 6.07 Å². The minimum atomic E-state index is -4.33. The zero-order valence-corrected chi connectivity index (χ0v) is 9.24. The lowest BCUT2D eigenvalue weighted by molar-refractivity contribution is -0.137. The minimum Gasteiger partial charge on any atom is -0.352 e. The maximum absolute atomic E-state index is 12.4. The number of pyridine rings is 1. The summed E-state index contributed by atoms with van der Waals surface area (Å²) < 4.78 is 37.1. The summed E-state index contributed by atoms with van der Waals surface area (Å²) in [5.74, 6) is 0.575. The predicted molar refractivity (Wildman–Crippen MR) is 58.7 cm³/mol. The first-order chi connectivity index (χ1) is 8.02. The van der Waals surface area contributed by atoms with Gasteiger partial charge < -0.3 is 10.6 Å². The Morgan fingerprint density at radius 1 is 1.41 bits per heavy atom. The molecule has 2 N–H and O–H groups in total. The van der Waals surface area contributed by atoms with Gasteiger partial charge in [0.05, 0.1) is 5.56 Å². The quantitative estimate of drug-likeness (QED) is 0.866. The largest absolute Gasteiger partial charge is 0.417 e. The molecule has 0 aliphatic carbocycles. The van der Waals surface area contributed by atoms with Crippen LogP contribution in [0.5, 0.6) is 0 Å². The standard InChI is InChI=1S/C11H14F3N3/c12-11(13,14)8-3-4-10(16-7-8)17-5-1-2-9(17)6-15/h3-4,7,9H,1-2,5-6,15H2. The van der Waals surface area contributed by atoms with Crippen LogP contribution in [-0.4, -0.2) is 24.1 Å². The molecule has 6 heteroatoms. The van der Waals surface area contributed by atoms with Crippen LogP contribution in [0.1, 0.15) is 18.4 Å². The fourth-order valence-electron chi connectivity index (χ4n) is 2.11. The van der Waals surface area contributed by atoms with E-state index in [4.69, 9.17) is 5.73 Å². The van der Waals surface area contributed by atoms with Crippen molar-refractivity contribution in [3.05, 3.63) is 23.9 Å². The molecule has 0 saturated carbocycles. The van der Waals surface area contributed by atoms with Gasteiger partial charge in [0.2, 0.25) is 0 Å². The topological polar surface area (TPSA) is 42.1 Å². The molecular weight excluding hydrogens is 231 g/mol. The third kappa shape index (κ3) is 2.52. The molecule has 1 aliphatic rings. The van der Waals surface area contributed by atoms with Gasteiger partial charge in [0.15, 0.2) is 0 Å². The van der Waals surface area contributed by atoms with E-state index in [0.29, 0.717) is 12.4 Å². The fraction of sp³-hybridized carbons (Fsp3) is 0.545. The fourth-order valence-corrected chi connectivity index (χ4v) is 2.11. The Morgan fingerprint density at radius 3 is 2.71 bits per heavy atom. The van der Waals surface area contributed by atoms with Crippen molar-refractivity contribution >= 4 is 5.82 Å². The number of halogens is 3. The number of nitrogens with zero attached hydrogens (tertiary/aromatic N) is 2. The van der Waals surface area contributed by atoms with Crippen molar-refractivity contribution in [3.8, 4) is 0 Å². The molecule has 0 bridgehead atoms. The molecule has 1 unspecified atom stereocenters. The van der Waals surface area contributed by atoms with Gasteiger partial charge in [-0.2, -0.15) is 13.2 Å². The number of hydrogen-bond donors (Lipinski definition) is 1. The van der Waals surface area contributed by atoms with Crippen LogP contribution >= 0.6 is 0 Å².